The molecule has 0 spiro atoms. The molecular formula is C19H23N3O4S2. The van der Waals surface area contributed by atoms with Gasteiger partial charge in [-0.3, -0.25) is 9.59 Å². The van der Waals surface area contributed by atoms with Gasteiger partial charge in [0.25, 0.3) is 0 Å². The van der Waals surface area contributed by atoms with E-state index >= 15 is 0 Å². The smallest absolute Gasteiger partial charge is 0.350 e. The molecule has 0 radical (unpaired) electrons. The summed E-state index contributed by atoms with van der Waals surface area (Å²) in [6.45, 7) is 7.38. The number of carbonyl (C=O) groups is 3. The van der Waals surface area contributed by atoms with Gasteiger partial charge < -0.3 is 15.4 Å². The third kappa shape index (κ3) is 6.35. The van der Waals surface area contributed by atoms with Crippen LogP contribution >= 0.6 is 23.1 Å². The Hall–Kier alpha value is -2.39. The van der Waals surface area contributed by atoms with Crippen molar-refractivity contribution < 1.29 is 19.1 Å². The number of thiazole rings is 1. The highest BCUT2D eigenvalue weighted by Gasteiger charge is 2.20. The average Bonchev–Trinajstić information content (AvgIpc) is 3.02. The third-order valence-corrected chi connectivity index (χ3v) is 5.85. The van der Waals surface area contributed by atoms with E-state index in [0.29, 0.717) is 15.7 Å². The summed E-state index contributed by atoms with van der Waals surface area (Å²) >= 11 is 2.30. The Kier molecular flexibility index (Phi) is 8.01. The molecule has 2 aromatic rings. The first-order valence-electron chi connectivity index (χ1n) is 8.73. The van der Waals surface area contributed by atoms with E-state index in [2.05, 4.69) is 15.6 Å². The lowest BCUT2D eigenvalue weighted by atomic mass is 10.2. The van der Waals surface area contributed by atoms with Gasteiger partial charge in [-0.2, -0.15) is 0 Å². The van der Waals surface area contributed by atoms with Crippen LogP contribution in [0.15, 0.2) is 24.3 Å². The molecule has 1 heterocycles. The number of carbonyl (C=O) groups excluding carboxylic acids is 3. The van der Waals surface area contributed by atoms with Gasteiger partial charge in [0.2, 0.25) is 11.8 Å². The van der Waals surface area contributed by atoms with Crippen LogP contribution in [0.25, 0.3) is 0 Å². The molecular weight excluding hydrogens is 398 g/mol. The van der Waals surface area contributed by atoms with Crippen LogP contribution in [-0.2, 0) is 14.3 Å². The van der Waals surface area contributed by atoms with Gasteiger partial charge in [-0.15, -0.1) is 11.8 Å². The summed E-state index contributed by atoms with van der Waals surface area (Å²) in [6.07, 6.45) is 0. The Morgan fingerprint density at radius 1 is 1.18 bits per heavy atom. The van der Waals surface area contributed by atoms with Crippen molar-refractivity contribution in [2.75, 3.05) is 23.0 Å². The number of anilines is 2. The zero-order valence-corrected chi connectivity index (χ0v) is 17.8. The molecule has 28 heavy (non-hydrogen) atoms. The fraction of sp³-hybridized carbons (Fsp3) is 0.368. The van der Waals surface area contributed by atoms with Crippen molar-refractivity contribution >= 4 is 51.7 Å². The van der Waals surface area contributed by atoms with Gasteiger partial charge in [0.05, 0.1) is 23.3 Å². The highest BCUT2D eigenvalue weighted by molar-refractivity contribution is 8.01. The molecule has 2 N–H and O–H groups in total. The van der Waals surface area contributed by atoms with Gasteiger partial charge >= 0.3 is 5.97 Å². The van der Waals surface area contributed by atoms with Crippen LogP contribution in [0.3, 0.4) is 0 Å². The number of aryl methyl sites for hydroxylation is 2. The average molecular weight is 422 g/mol. The van der Waals surface area contributed by atoms with E-state index in [1.54, 1.807) is 20.8 Å². The lowest BCUT2D eigenvalue weighted by Crippen LogP contribution is -2.25. The van der Waals surface area contributed by atoms with Crippen molar-refractivity contribution in [3.05, 3.63) is 40.4 Å². The molecule has 150 valence electrons. The summed E-state index contributed by atoms with van der Waals surface area (Å²) in [5.74, 6) is -0.762. The van der Waals surface area contributed by atoms with E-state index in [1.807, 2.05) is 31.2 Å². The van der Waals surface area contributed by atoms with Gasteiger partial charge in [-0.25, -0.2) is 9.78 Å². The summed E-state index contributed by atoms with van der Waals surface area (Å²) in [5.41, 5.74) is 2.34. The second-order valence-electron chi connectivity index (χ2n) is 6.01. The first-order valence-corrected chi connectivity index (χ1v) is 10.6. The van der Waals surface area contributed by atoms with Crippen molar-refractivity contribution in [1.29, 1.82) is 0 Å². The number of benzene rings is 1. The number of nitrogens with one attached hydrogen (secondary N) is 2. The highest BCUT2D eigenvalue weighted by atomic mass is 32.2. The number of aromatic nitrogens is 1. The van der Waals surface area contributed by atoms with E-state index in [0.717, 1.165) is 22.6 Å². The molecule has 0 aliphatic rings. The van der Waals surface area contributed by atoms with Crippen molar-refractivity contribution in [2.24, 2.45) is 0 Å². The van der Waals surface area contributed by atoms with Gasteiger partial charge in [-0.1, -0.05) is 29.0 Å². The van der Waals surface area contributed by atoms with Crippen LogP contribution in [0.4, 0.5) is 10.8 Å². The largest absolute Gasteiger partial charge is 0.462 e. The number of hydrogen-bond donors (Lipinski definition) is 2. The fourth-order valence-corrected chi connectivity index (χ4v) is 3.70. The standard InChI is InChI=1S/C19H23N3O4S2/c1-5-26-18(25)16-12(3)20-19(28-16)22-17(24)13(4)27-10-15(23)21-14-8-6-11(2)7-9-14/h6-9,13H,5,10H2,1-4H3,(H,21,23)(H,20,22,24). The molecule has 1 aromatic carbocycles. The zero-order chi connectivity index (χ0) is 20.7. The predicted octanol–water partition coefficient (Wildman–Crippen LogP) is 3.64. The van der Waals surface area contributed by atoms with Crippen LogP contribution in [-0.4, -0.2) is 40.4 Å². The molecule has 0 fully saturated rings. The maximum atomic E-state index is 12.3. The molecule has 2 rings (SSSR count). The predicted molar refractivity (Wildman–Crippen MR) is 113 cm³/mol. The van der Waals surface area contributed by atoms with Crippen molar-refractivity contribution in [1.82, 2.24) is 4.98 Å². The number of ether oxygens (including phenoxy) is 1. The zero-order valence-electron chi connectivity index (χ0n) is 16.2. The minimum absolute atomic E-state index is 0.146. The Morgan fingerprint density at radius 3 is 2.50 bits per heavy atom. The maximum absolute atomic E-state index is 12.3. The first kappa shape index (κ1) is 21.9. The molecule has 9 heteroatoms. The van der Waals surface area contributed by atoms with E-state index < -0.39 is 11.2 Å². The number of hydrogen-bond acceptors (Lipinski definition) is 7. The van der Waals surface area contributed by atoms with Crippen molar-refractivity contribution in [3.63, 3.8) is 0 Å². The van der Waals surface area contributed by atoms with Crippen molar-refractivity contribution in [2.45, 2.75) is 32.9 Å². The molecule has 7 nitrogen and oxygen atoms in total. The summed E-state index contributed by atoms with van der Waals surface area (Å²) in [6, 6.07) is 7.50. The van der Waals surface area contributed by atoms with Crippen LogP contribution in [0.1, 0.15) is 34.8 Å². The van der Waals surface area contributed by atoms with E-state index in [-0.39, 0.29) is 24.2 Å². The van der Waals surface area contributed by atoms with Crippen molar-refractivity contribution in [3.8, 4) is 0 Å². The van der Waals surface area contributed by atoms with E-state index in [4.69, 9.17) is 4.74 Å². The first-order chi connectivity index (χ1) is 13.3. The Bertz CT molecular complexity index is 849. The monoisotopic (exact) mass is 421 g/mol. The quantitative estimate of drug-likeness (QED) is 0.632. The third-order valence-electron chi connectivity index (χ3n) is 3.66. The van der Waals surface area contributed by atoms with Crippen LogP contribution in [0.2, 0.25) is 0 Å². The molecule has 0 aliphatic carbocycles. The summed E-state index contributed by atoms with van der Waals surface area (Å²) in [5, 5.41) is 5.36. The Balaban J connectivity index is 1.84. The Labute approximate surface area is 172 Å². The van der Waals surface area contributed by atoms with Gasteiger partial charge in [0.1, 0.15) is 4.88 Å². The molecule has 0 saturated heterocycles. The summed E-state index contributed by atoms with van der Waals surface area (Å²) in [4.78, 5) is 40.8. The second kappa shape index (κ2) is 10.2. The lowest BCUT2D eigenvalue weighted by Gasteiger charge is -2.10. The SMILES string of the molecule is CCOC(=O)c1sc(NC(=O)C(C)SCC(=O)Nc2ccc(C)cc2)nc1C. The number of nitrogens with zero attached hydrogens (tertiary/aromatic N) is 1. The molecule has 1 atom stereocenters. The highest BCUT2D eigenvalue weighted by Crippen LogP contribution is 2.24. The molecule has 0 aliphatic heterocycles. The normalized spacial score (nSPS) is 11.6. The minimum Gasteiger partial charge on any atom is -0.462 e. The number of thioether (sulfide) groups is 1. The fourth-order valence-electron chi connectivity index (χ4n) is 2.15. The molecule has 1 unspecified atom stereocenters. The van der Waals surface area contributed by atoms with Crippen LogP contribution in [0, 0.1) is 13.8 Å². The molecule has 1 aromatic heterocycles. The number of amides is 2. The molecule has 2 amide bonds. The summed E-state index contributed by atoms with van der Waals surface area (Å²) in [7, 11) is 0. The second-order valence-corrected chi connectivity index (χ2v) is 8.34. The Morgan fingerprint density at radius 2 is 1.86 bits per heavy atom. The minimum atomic E-state index is -0.459. The van der Waals surface area contributed by atoms with Crippen LogP contribution in [0.5, 0.6) is 0 Å². The number of rotatable bonds is 8. The van der Waals surface area contributed by atoms with Gasteiger partial charge in [-0.05, 0) is 39.8 Å². The topological polar surface area (TPSA) is 97.4 Å². The maximum Gasteiger partial charge on any atom is 0.350 e. The van der Waals surface area contributed by atoms with Gasteiger partial charge in [0, 0.05) is 5.69 Å². The van der Waals surface area contributed by atoms with E-state index in [1.165, 1.54) is 11.8 Å². The van der Waals surface area contributed by atoms with E-state index in [9.17, 15) is 14.4 Å². The molecule has 0 saturated carbocycles. The number of esters is 1. The molecule has 0 bridgehead atoms. The summed E-state index contributed by atoms with van der Waals surface area (Å²) < 4.78 is 4.96. The van der Waals surface area contributed by atoms with Crippen LogP contribution < -0.4 is 10.6 Å². The van der Waals surface area contributed by atoms with Gasteiger partial charge in [0.15, 0.2) is 5.13 Å². The lowest BCUT2D eigenvalue weighted by molar-refractivity contribution is -0.115.